The van der Waals surface area contributed by atoms with Gasteiger partial charge in [-0.25, -0.2) is 4.79 Å². The van der Waals surface area contributed by atoms with Crippen LogP contribution in [0.1, 0.15) is 25.0 Å². The highest BCUT2D eigenvalue weighted by Crippen LogP contribution is 2.21. The smallest absolute Gasteiger partial charge is 0.329 e. The van der Waals surface area contributed by atoms with Crippen LogP contribution in [-0.4, -0.2) is 23.6 Å². The number of rotatable bonds is 7. The average molecular weight is 338 g/mol. The van der Waals surface area contributed by atoms with E-state index in [0.29, 0.717) is 24.6 Å². The standard InChI is InChI=1S/C20H22N2O3/c1-3-14-10-11-18-16(12-14)21-20(25-18)22-17(19(23)24-4-2)13-15-8-6-5-7-9-15/h5-12,17H,3-4,13H2,1-2H3,(H,21,22)/t17-/m0/s1. The molecule has 3 rings (SSSR count). The van der Waals surface area contributed by atoms with Gasteiger partial charge in [0.05, 0.1) is 6.61 Å². The predicted molar refractivity (Wildman–Crippen MR) is 97.6 cm³/mol. The molecule has 1 N–H and O–H groups in total. The number of anilines is 1. The molecule has 1 aromatic heterocycles. The molecule has 5 heteroatoms. The minimum absolute atomic E-state index is 0.317. The van der Waals surface area contributed by atoms with Crippen molar-refractivity contribution in [3.05, 3.63) is 59.7 Å². The summed E-state index contributed by atoms with van der Waals surface area (Å²) in [7, 11) is 0. The lowest BCUT2D eigenvalue weighted by atomic mass is 10.1. The van der Waals surface area contributed by atoms with Crippen LogP contribution in [0.25, 0.3) is 11.1 Å². The van der Waals surface area contributed by atoms with Crippen molar-refractivity contribution in [3.63, 3.8) is 0 Å². The molecule has 25 heavy (non-hydrogen) atoms. The summed E-state index contributed by atoms with van der Waals surface area (Å²) < 4.78 is 10.9. The molecule has 3 aromatic rings. The Kier molecular flexibility index (Phi) is 5.33. The van der Waals surface area contributed by atoms with Crippen LogP contribution in [0.3, 0.4) is 0 Å². The summed E-state index contributed by atoms with van der Waals surface area (Å²) in [5, 5.41) is 3.09. The van der Waals surface area contributed by atoms with Gasteiger partial charge in [0.25, 0.3) is 6.01 Å². The first kappa shape index (κ1) is 17.0. The van der Waals surface area contributed by atoms with Gasteiger partial charge in [-0.3, -0.25) is 0 Å². The molecule has 0 saturated heterocycles. The van der Waals surface area contributed by atoms with Gasteiger partial charge in [-0.1, -0.05) is 43.3 Å². The van der Waals surface area contributed by atoms with Crippen molar-refractivity contribution >= 4 is 23.1 Å². The molecule has 0 spiro atoms. The minimum Gasteiger partial charge on any atom is -0.464 e. The molecular formula is C20H22N2O3. The minimum atomic E-state index is -0.555. The lowest BCUT2D eigenvalue weighted by molar-refractivity contribution is -0.144. The van der Waals surface area contributed by atoms with Gasteiger partial charge in [0, 0.05) is 6.42 Å². The summed E-state index contributed by atoms with van der Waals surface area (Å²) in [6.45, 7) is 4.22. The van der Waals surface area contributed by atoms with Crippen molar-refractivity contribution in [2.75, 3.05) is 11.9 Å². The van der Waals surface area contributed by atoms with E-state index in [1.54, 1.807) is 6.92 Å². The number of carbonyl (C=O) groups is 1. The highest BCUT2D eigenvalue weighted by molar-refractivity contribution is 5.80. The summed E-state index contributed by atoms with van der Waals surface area (Å²) in [6, 6.07) is 15.5. The molecule has 0 bridgehead atoms. The third-order valence-corrected chi connectivity index (χ3v) is 4.01. The van der Waals surface area contributed by atoms with Crippen LogP contribution in [0.4, 0.5) is 6.01 Å². The van der Waals surface area contributed by atoms with Crippen molar-refractivity contribution in [1.82, 2.24) is 4.98 Å². The molecule has 5 nitrogen and oxygen atoms in total. The maximum Gasteiger partial charge on any atom is 0.329 e. The Morgan fingerprint density at radius 3 is 2.68 bits per heavy atom. The maximum atomic E-state index is 12.3. The Hall–Kier alpha value is -2.82. The predicted octanol–water partition coefficient (Wildman–Crippen LogP) is 3.98. The van der Waals surface area contributed by atoms with E-state index in [9.17, 15) is 4.79 Å². The van der Waals surface area contributed by atoms with E-state index in [4.69, 9.17) is 9.15 Å². The monoisotopic (exact) mass is 338 g/mol. The second kappa shape index (κ2) is 7.83. The second-order valence-electron chi connectivity index (χ2n) is 5.81. The first-order valence-corrected chi connectivity index (χ1v) is 8.56. The Morgan fingerprint density at radius 2 is 1.96 bits per heavy atom. The second-order valence-corrected chi connectivity index (χ2v) is 5.81. The number of benzene rings is 2. The number of oxazole rings is 1. The molecule has 130 valence electrons. The maximum absolute atomic E-state index is 12.3. The number of hydrogen-bond donors (Lipinski definition) is 1. The van der Waals surface area contributed by atoms with Crippen molar-refractivity contribution in [1.29, 1.82) is 0 Å². The lowest BCUT2D eigenvalue weighted by Crippen LogP contribution is -2.33. The number of aromatic nitrogens is 1. The number of nitrogens with zero attached hydrogens (tertiary/aromatic N) is 1. The first-order chi connectivity index (χ1) is 12.2. The molecule has 2 aromatic carbocycles. The van der Waals surface area contributed by atoms with Crippen LogP contribution >= 0.6 is 0 Å². The van der Waals surface area contributed by atoms with Crippen molar-refractivity contribution in [2.45, 2.75) is 32.7 Å². The van der Waals surface area contributed by atoms with Crippen LogP contribution in [0.15, 0.2) is 52.9 Å². The van der Waals surface area contributed by atoms with Gasteiger partial charge in [-0.2, -0.15) is 4.98 Å². The number of aryl methyl sites for hydroxylation is 1. The van der Waals surface area contributed by atoms with Gasteiger partial charge in [-0.05, 0) is 36.6 Å². The van der Waals surface area contributed by atoms with E-state index in [1.807, 2.05) is 48.5 Å². The molecule has 0 saturated carbocycles. The molecule has 0 unspecified atom stereocenters. The lowest BCUT2D eigenvalue weighted by Gasteiger charge is -2.16. The molecule has 0 amide bonds. The fourth-order valence-corrected chi connectivity index (χ4v) is 2.69. The van der Waals surface area contributed by atoms with Crippen LogP contribution in [0.5, 0.6) is 0 Å². The number of ether oxygens (including phenoxy) is 1. The first-order valence-electron chi connectivity index (χ1n) is 8.56. The van der Waals surface area contributed by atoms with E-state index in [2.05, 4.69) is 17.2 Å². The average Bonchev–Trinajstić information content (AvgIpc) is 3.03. The Morgan fingerprint density at radius 1 is 1.16 bits per heavy atom. The molecular weight excluding hydrogens is 316 g/mol. The number of fused-ring (bicyclic) bond motifs is 1. The SMILES string of the molecule is CCOC(=O)[C@H](Cc1ccccc1)Nc1nc2cc(CC)ccc2o1. The third-order valence-electron chi connectivity index (χ3n) is 4.01. The molecule has 0 aliphatic rings. The summed E-state index contributed by atoms with van der Waals surface area (Å²) in [4.78, 5) is 16.8. The van der Waals surface area contributed by atoms with Crippen LogP contribution in [-0.2, 0) is 22.4 Å². The zero-order valence-corrected chi connectivity index (χ0v) is 14.5. The summed E-state index contributed by atoms with van der Waals surface area (Å²) in [5.74, 6) is -0.317. The molecule has 0 aliphatic carbocycles. The van der Waals surface area contributed by atoms with E-state index in [0.717, 1.165) is 17.5 Å². The fourth-order valence-electron chi connectivity index (χ4n) is 2.69. The number of hydrogen-bond acceptors (Lipinski definition) is 5. The molecule has 0 radical (unpaired) electrons. The zero-order chi connectivity index (χ0) is 17.6. The van der Waals surface area contributed by atoms with E-state index >= 15 is 0 Å². The fraction of sp³-hybridized carbons (Fsp3) is 0.300. The summed E-state index contributed by atoms with van der Waals surface area (Å²) in [6.07, 6.45) is 1.43. The highest BCUT2D eigenvalue weighted by atomic mass is 16.5. The van der Waals surface area contributed by atoms with Crippen LogP contribution in [0.2, 0.25) is 0 Å². The van der Waals surface area contributed by atoms with Gasteiger partial charge in [0.1, 0.15) is 11.6 Å². The number of nitrogens with one attached hydrogen (secondary N) is 1. The van der Waals surface area contributed by atoms with E-state index in [-0.39, 0.29) is 5.97 Å². The van der Waals surface area contributed by atoms with Crippen molar-refractivity contribution < 1.29 is 13.9 Å². The van der Waals surface area contributed by atoms with E-state index in [1.165, 1.54) is 5.56 Å². The zero-order valence-electron chi connectivity index (χ0n) is 14.5. The number of carbonyl (C=O) groups excluding carboxylic acids is 1. The van der Waals surface area contributed by atoms with Crippen LogP contribution < -0.4 is 5.32 Å². The number of esters is 1. The van der Waals surface area contributed by atoms with E-state index < -0.39 is 6.04 Å². The van der Waals surface area contributed by atoms with Crippen molar-refractivity contribution in [2.24, 2.45) is 0 Å². The summed E-state index contributed by atoms with van der Waals surface area (Å²) >= 11 is 0. The van der Waals surface area contributed by atoms with Gasteiger partial charge >= 0.3 is 5.97 Å². The highest BCUT2D eigenvalue weighted by Gasteiger charge is 2.22. The quantitative estimate of drug-likeness (QED) is 0.660. The summed E-state index contributed by atoms with van der Waals surface area (Å²) in [5.41, 5.74) is 3.71. The molecule has 0 fully saturated rings. The Bertz CT molecular complexity index is 843. The van der Waals surface area contributed by atoms with Crippen LogP contribution in [0, 0.1) is 0 Å². The molecule has 0 aliphatic heterocycles. The topological polar surface area (TPSA) is 64.4 Å². The third kappa shape index (κ3) is 4.18. The Labute approximate surface area is 147 Å². The van der Waals surface area contributed by atoms with Crippen molar-refractivity contribution in [3.8, 4) is 0 Å². The van der Waals surface area contributed by atoms with Gasteiger partial charge < -0.3 is 14.5 Å². The van der Waals surface area contributed by atoms with Gasteiger partial charge in [0.2, 0.25) is 0 Å². The molecule has 1 heterocycles. The normalized spacial score (nSPS) is 12.1. The van der Waals surface area contributed by atoms with Gasteiger partial charge in [-0.15, -0.1) is 0 Å². The van der Waals surface area contributed by atoms with Gasteiger partial charge in [0.15, 0.2) is 5.58 Å². The Balaban J connectivity index is 1.82. The molecule has 1 atom stereocenters. The largest absolute Gasteiger partial charge is 0.464 e.